The molecule has 28 heavy (non-hydrogen) atoms. The van der Waals surface area contributed by atoms with E-state index in [0.29, 0.717) is 19.4 Å². The zero-order valence-electron chi connectivity index (χ0n) is 18.4. The van der Waals surface area contributed by atoms with Crippen LogP contribution in [0, 0.1) is 17.8 Å². The Balaban J connectivity index is 1.94. The minimum atomic E-state index is -0.774. The van der Waals surface area contributed by atoms with Crippen molar-refractivity contribution >= 4 is 11.9 Å². The van der Waals surface area contributed by atoms with E-state index in [1.807, 2.05) is 0 Å². The van der Waals surface area contributed by atoms with E-state index in [9.17, 15) is 9.59 Å². The van der Waals surface area contributed by atoms with Crippen LogP contribution in [0.5, 0.6) is 0 Å². The predicted octanol–water partition coefficient (Wildman–Crippen LogP) is 6.76. The Kier molecular flexibility index (Phi) is 14.1. The van der Waals surface area contributed by atoms with Crippen LogP contribution in [0.25, 0.3) is 0 Å². The minimum absolute atomic E-state index is 0.181. The zero-order chi connectivity index (χ0) is 20.6. The molecule has 0 aromatic carbocycles. The second kappa shape index (κ2) is 15.8. The molecule has 1 fully saturated rings. The summed E-state index contributed by atoms with van der Waals surface area (Å²) in [5, 5.41) is 9.11. The summed E-state index contributed by atoms with van der Waals surface area (Å²) >= 11 is 0. The second-order valence-electron chi connectivity index (χ2n) is 8.75. The number of carboxylic acids is 1. The molecule has 1 rings (SSSR count). The Labute approximate surface area is 172 Å². The SMILES string of the molecule is CCCCC(CC)CCCCCCCCCOC(=O)C1CCCC(C(=O)O)C1. The molecule has 3 unspecified atom stereocenters. The van der Waals surface area contributed by atoms with Gasteiger partial charge in [0.05, 0.1) is 18.4 Å². The van der Waals surface area contributed by atoms with Crippen molar-refractivity contribution in [3.63, 3.8) is 0 Å². The summed E-state index contributed by atoms with van der Waals surface area (Å²) in [4.78, 5) is 23.2. The summed E-state index contributed by atoms with van der Waals surface area (Å²) in [6.45, 7) is 5.09. The summed E-state index contributed by atoms with van der Waals surface area (Å²) in [6.07, 6.45) is 18.1. The Morgan fingerprint density at radius 3 is 2.14 bits per heavy atom. The highest BCUT2D eigenvalue weighted by Gasteiger charge is 2.31. The largest absolute Gasteiger partial charge is 0.481 e. The Morgan fingerprint density at radius 1 is 0.893 bits per heavy atom. The van der Waals surface area contributed by atoms with Crippen LogP contribution in [-0.2, 0) is 14.3 Å². The normalized spacial score (nSPS) is 20.6. The van der Waals surface area contributed by atoms with E-state index in [0.717, 1.165) is 31.6 Å². The van der Waals surface area contributed by atoms with Gasteiger partial charge in [0.15, 0.2) is 0 Å². The van der Waals surface area contributed by atoms with Crippen molar-refractivity contribution in [1.29, 1.82) is 0 Å². The zero-order valence-corrected chi connectivity index (χ0v) is 18.4. The lowest BCUT2D eigenvalue weighted by molar-refractivity contribution is -0.152. The van der Waals surface area contributed by atoms with E-state index in [-0.39, 0.29) is 17.8 Å². The van der Waals surface area contributed by atoms with E-state index in [1.54, 1.807) is 0 Å². The Hall–Kier alpha value is -1.06. The smallest absolute Gasteiger partial charge is 0.308 e. The second-order valence-corrected chi connectivity index (χ2v) is 8.75. The molecule has 1 aliphatic carbocycles. The lowest BCUT2D eigenvalue weighted by Gasteiger charge is -2.25. The third kappa shape index (κ3) is 11.1. The molecule has 1 aliphatic rings. The highest BCUT2D eigenvalue weighted by molar-refractivity contribution is 5.75. The van der Waals surface area contributed by atoms with Gasteiger partial charge < -0.3 is 9.84 Å². The molecule has 164 valence electrons. The number of aliphatic carboxylic acids is 1. The van der Waals surface area contributed by atoms with Crippen LogP contribution in [0.3, 0.4) is 0 Å². The Bertz CT molecular complexity index is 421. The van der Waals surface area contributed by atoms with Crippen LogP contribution < -0.4 is 0 Å². The van der Waals surface area contributed by atoms with Crippen molar-refractivity contribution in [3.8, 4) is 0 Å². The van der Waals surface area contributed by atoms with Crippen molar-refractivity contribution in [3.05, 3.63) is 0 Å². The molecule has 0 aromatic rings. The maximum absolute atomic E-state index is 12.1. The van der Waals surface area contributed by atoms with Gasteiger partial charge in [0.1, 0.15) is 0 Å². The number of esters is 1. The lowest BCUT2D eigenvalue weighted by atomic mass is 9.81. The Morgan fingerprint density at radius 2 is 1.50 bits per heavy atom. The molecule has 4 heteroatoms. The fourth-order valence-electron chi connectivity index (χ4n) is 4.38. The van der Waals surface area contributed by atoms with Crippen molar-refractivity contribution in [2.45, 2.75) is 117 Å². The molecule has 4 nitrogen and oxygen atoms in total. The van der Waals surface area contributed by atoms with Gasteiger partial charge in [0, 0.05) is 0 Å². The summed E-state index contributed by atoms with van der Waals surface area (Å²) in [5.41, 5.74) is 0. The van der Waals surface area contributed by atoms with E-state index in [1.165, 1.54) is 64.2 Å². The number of hydrogen-bond donors (Lipinski definition) is 1. The molecule has 3 atom stereocenters. The van der Waals surface area contributed by atoms with E-state index in [4.69, 9.17) is 9.84 Å². The monoisotopic (exact) mass is 396 g/mol. The van der Waals surface area contributed by atoms with Gasteiger partial charge in [0.2, 0.25) is 0 Å². The van der Waals surface area contributed by atoms with Crippen molar-refractivity contribution < 1.29 is 19.4 Å². The molecule has 0 heterocycles. The van der Waals surface area contributed by atoms with Crippen LogP contribution in [0.2, 0.25) is 0 Å². The van der Waals surface area contributed by atoms with Gasteiger partial charge in [-0.2, -0.15) is 0 Å². The number of carboxylic acid groups (broad SMARTS) is 1. The van der Waals surface area contributed by atoms with Crippen LogP contribution in [-0.4, -0.2) is 23.7 Å². The molecule has 1 N–H and O–H groups in total. The third-order valence-electron chi connectivity index (χ3n) is 6.40. The first kappa shape index (κ1) is 25.0. The molecule has 0 bridgehead atoms. The highest BCUT2D eigenvalue weighted by Crippen LogP contribution is 2.30. The van der Waals surface area contributed by atoms with Gasteiger partial charge in [-0.05, 0) is 31.6 Å². The first-order chi connectivity index (χ1) is 13.6. The first-order valence-electron chi connectivity index (χ1n) is 12.0. The average molecular weight is 397 g/mol. The van der Waals surface area contributed by atoms with Crippen molar-refractivity contribution in [1.82, 2.24) is 0 Å². The van der Waals surface area contributed by atoms with Gasteiger partial charge in [-0.1, -0.05) is 90.9 Å². The van der Waals surface area contributed by atoms with E-state index in [2.05, 4.69) is 13.8 Å². The summed E-state index contributed by atoms with van der Waals surface area (Å²) in [5.74, 6) is -0.600. The molecule has 0 aliphatic heterocycles. The molecule has 0 aromatic heterocycles. The lowest BCUT2D eigenvalue weighted by Crippen LogP contribution is -2.28. The van der Waals surface area contributed by atoms with Crippen LogP contribution in [0.1, 0.15) is 117 Å². The number of ether oxygens (including phenoxy) is 1. The quantitative estimate of drug-likeness (QED) is 0.231. The van der Waals surface area contributed by atoms with Gasteiger partial charge >= 0.3 is 11.9 Å². The topological polar surface area (TPSA) is 63.6 Å². The molecule has 0 spiro atoms. The van der Waals surface area contributed by atoms with Gasteiger partial charge in [-0.15, -0.1) is 0 Å². The highest BCUT2D eigenvalue weighted by atomic mass is 16.5. The van der Waals surface area contributed by atoms with Gasteiger partial charge in [-0.3, -0.25) is 9.59 Å². The summed E-state index contributed by atoms with van der Waals surface area (Å²) in [6, 6.07) is 0. The number of carbonyl (C=O) groups excluding carboxylic acids is 1. The maximum atomic E-state index is 12.1. The number of rotatable bonds is 16. The molecular weight excluding hydrogens is 352 g/mol. The number of carbonyl (C=O) groups is 2. The van der Waals surface area contributed by atoms with Crippen LogP contribution >= 0.6 is 0 Å². The molecular formula is C24H44O4. The number of unbranched alkanes of at least 4 members (excludes halogenated alkanes) is 7. The minimum Gasteiger partial charge on any atom is -0.481 e. The maximum Gasteiger partial charge on any atom is 0.308 e. The summed E-state index contributed by atoms with van der Waals surface area (Å²) < 4.78 is 5.39. The van der Waals surface area contributed by atoms with Gasteiger partial charge in [0.25, 0.3) is 0 Å². The molecule has 0 radical (unpaired) electrons. The standard InChI is InChI=1S/C24H44O4/c1-3-5-14-20(4-2)15-11-9-7-6-8-10-12-18-28-24(27)22-17-13-16-21(19-22)23(25)26/h20-22H,3-19H2,1-2H3,(H,25,26). The third-order valence-corrected chi connectivity index (χ3v) is 6.40. The van der Waals surface area contributed by atoms with Crippen LogP contribution in [0.4, 0.5) is 0 Å². The summed E-state index contributed by atoms with van der Waals surface area (Å²) in [7, 11) is 0. The van der Waals surface area contributed by atoms with E-state index < -0.39 is 5.97 Å². The first-order valence-corrected chi connectivity index (χ1v) is 12.0. The predicted molar refractivity (Wildman–Crippen MR) is 114 cm³/mol. The van der Waals surface area contributed by atoms with Crippen LogP contribution in [0.15, 0.2) is 0 Å². The van der Waals surface area contributed by atoms with Crippen molar-refractivity contribution in [2.24, 2.45) is 17.8 Å². The molecule has 1 saturated carbocycles. The van der Waals surface area contributed by atoms with Gasteiger partial charge in [-0.25, -0.2) is 0 Å². The molecule has 0 amide bonds. The fraction of sp³-hybridized carbons (Fsp3) is 0.917. The number of hydrogen-bond acceptors (Lipinski definition) is 3. The fourth-order valence-corrected chi connectivity index (χ4v) is 4.38. The van der Waals surface area contributed by atoms with E-state index >= 15 is 0 Å². The molecule has 0 saturated heterocycles. The average Bonchev–Trinajstić information content (AvgIpc) is 2.71. The van der Waals surface area contributed by atoms with Crippen molar-refractivity contribution in [2.75, 3.05) is 6.61 Å².